The Kier molecular flexibility index (Phi) is 5.53. The highest BCUT2D eigenvalue weighted by atomic mass is 16.6. The second-order valence-corrected chi connectivity index (χ2v) is 5.28. The summed E-state index contributed by atoms with van der Waals surface area (Å²) in [7, 11) is 0. The van der Waals surface area contributed by atoms with Crippen LogP contribution in [0.5, 0.6) is 0 Å². The first-order valence-electron chi connectivity index (χ1n) is 7.18. The number of aliphatic hydroxyl groups is 1. The Morgan fingerprint density at radius 2 is 2.00 bits per heavy atom. The number of hydrogen-bond donors (Lipinski definition) is 3. The number of β-amino-alcohol motifs (C(OH)–C–C–N with tert-alkyl or cyclic N) is 1. The third kappa shape index (κ3) is 4.68. The van der Waals surface area contributed by atoms with Crippen molar-refractivity contribution >= 4 is 17.9 Å². The highest BCUT2D eigenvalue weighted by Crippen LogP contribution is 2.19. The fraction of sp³-hybridized carbons (Fsp3) is 0.400. The monoisotopic (exact) mass is 321 g/mol. The zero-order valence-corrected chi connectivity index (χ0v) is 12.5. The van der Waals surface area contributed by atoms with E-state index in [9.17, 15) is 19.5 Å². The van der Waals surface area contributed by atoms with Crippen molar-refractivity contribution in [2.24, 2.45) is 5.73 Å². The molecule has 1 fully saturated rings. The molecule has 3 amide bonds. The van der Waals surface area contributed by atoms with Crippen LogP contribution in [0.4, 0.5) is 4.79 Å². The molecule has 1 aliphatic rings. The van der Waals surface area contributed by atoms with Gasteiger partial charge >= 0.3 is 6.09 Å². The summed E-state index contributed by atoms with van der Waals surface area (Å²) in [6.07, 6.45) is -1.42. The van der Waals surface area contributed by atoms with E-state index in [4.69, 9.17) is 10.5 Å². The lowest BCUT2D eigenvalue weighted by Crippen LogP contribution is -2.47. The van der Waals surface area contributed by atoms with Crippen LogP contribution in [0.15, 0.2) is 30.3 Å². The maximum absolute atomic E-state index is 12.1. The molecule has 1 unspecified atom stereocenters. The van der Waals surface area contributed by atoms with E-state index in [2.05, 4.69) is 5.32 Å². The van der Waals surface area contributed by atoms with Crippen molar-refractivity contribution in [2.75, 3.05) is 13.1 Å². The molecule has 23 heavy (non-hydrogen) atoms. The summed E-state index contributed by atoms with van der Waals surface area (Å²) >= 11 is 0. The molecule has 1 aliphatic heterocycles. The van der Waals surface area contributed by atoms with Gasteiger partial charge in [0, 0.05) is 6.42 Å². The number of ether oxygens (including phenoxy) is 1. The highest BCUT2D eigenvalue weighted by Gasteiger charge is 2.39. The molecule has 2 rings (SSSR count). The number of nitrogens with one attached hydrogen (secondary N) is 1. The summed E-state index contributed by atoms with van der Waals surface area (Å²) in [6, 6.07) is 8.23. The summed E-state index contributed by atoms with van der Waals surface area (Å²) in [5.74, 6) is -1.23. The third-order valence-corrected chi connectivity index (χ3v) is 3.46. The molecule has 1 heterocycles. The first-order chi connectivity index (χ1) is 11.0. The van der Waals surface area contributed by atoms with Gasteiger partial charge in [0.1, 0.15) is 12.6 Å². The molecular formula is C15H19N3O5. The average Bonchev–Trinajstić information content (AvgIpc) is 2.93. The molecule has 1 saturated heterocycles. The van der Waals surface area contributed by atoms with Crippen molar-refractivity contribution in [3.8, 4) is 0 Å². The highest BCUT2D eigenvalue weighted by molar-refractivity contribution is 5.89. The fourth-order valence-electron chi connectivity index (χ4n) is 2.36. The van der Waals surface area contributed by atoms with Crippen LogP contribution < -0.4 is 11.1 Å². The predicted octanol–water partition coefficient (Wildman–Crippen LogP) is -0.640. The van der Waals surface area contributed by atoms with Gasteiger partial charge in [0.25, 0.3) is 0 Å². The smallest absolute Gasteiger partial charge is 0.410 e. The predicted molar refractivity (Wildman–Crippen MR) is 79.9 cm³/mol. The van der Waals surface area contributed by atoms with Crippen LogP contribution in [0.3, 0.4) is 0 Å². The number of primary amides is 1. The number of amides is 3. The second kappa shape index (κ2) is 7.59. The van der Waals surface area contributed by atoms with E-state index in [1.807, 2.05) is 30.3 Å². The number of rotatable bonds is 5. The molecule has 0 aromatic heterocycles. The van der Waals surface area contributed by atoms with E-state index >= 15 is 0 Å². The van der Waals surface area contributed by atoms with Crippen molar-refractivity contribution < 1.29 is 24.2 Å². The minimum absolute atomic E-state index is 0.00226. The molecular weight excluding hydrogens is 302 g/mol. The number of carbonyl (C=O) groups is 3. The molecule has 4 N–H and O–H groups in total. The van der Waals surface area contributed by atoms with Crippen molar-refractivity contribution in [3.05, 3.63) is 35.9 Å². The summed E-state index contributed by atoms with van der Waals surface area (Å²) in [6.45, 7) is -0.248. The number of nitrogens with two attached hydrogens (primary N) is 1. The molecule has 1 aromatic carbocycles. The van der Waals surface area contributed by atoms with Gasteiger partial charge in [-0.25, -0.2) is 4.79 Å². The summed E-state index contributed by atoms with van der Waals surface area (Å²) in [5.41, 5.74) is 5.78. The third-order valence-electron chi connectivity index (χ3n) is 3.46. The minimum atomic E-state index is -0.882. The first-order valence-corrected chi connectivity index (χ1v) is 7.18. The van der Waals surface area contributed by atoms with Crippen LogP contribution >= 0.6 is 0 Å². The lowest BCUT2D eigenvalue weighted by molar-refractivity contribution is -0.127. The maximum Gasteiger partial charge on any atom is 0.410 e. The van der Waals surface area contributed by atoms with E-state index < -0.39 is 30.1 Å². The molecule has 0 spiro atoms. The summed E-state index contributed by atoms with van der Waals surface area (Å²) < 4.78 is 5.17. The molecule has 0 bridgehead atoms. The van der Waals surface area contributed by atoms with E-state index in [-0.39, 0.29) is 26.1 Å². The maximum atomic E-state index is 12.1. The van der Waals surface area contributed by atoms with Gasteiger partial charge in [-0.3, -0.25) is 14.5 Å². The molecule has 0 saturated carbocycles. The Labute approximate surface area is 133 Å². The van der Waals surface area contributed by atoms with Crippen LogP contribution in [0.2, 0.25) is 0 Å². The Morgan fingerprint density at radius 3 is 2.65 bits per heavy atom. The number of nitrogens with zero attached hydrogens (tertiary/aromatic N) is 1. The Hall–Kier alpha value is -2.61. The van der Waals surface area contributed by atoms with E-state index in [1.165, 1.54) is 0 Å². The van der Waals surface area contributed by atoms with Crippen molar-refractivity contribution in [2.45, 2.75) is 25.2 Å². The van der Waals surface area contributed by atoms with Crippen LogP contribution in [0, 0.1) is 0 Å². The van der Waals surface area contributed by atoms with E-state index in [0.29, 0.717) is 0 Å². The fourth-order valence-corrected chi connectivity index (χ4v) is 2.36. The topological polar surface area (TPSA) is 122 Å². The number of aliphatic hydroxyl groups excluding tert-OH is 1. The van der Waals surface area contributed by atoms with Crippen LogP contribution in [-0.4, -0.2) is 53.1 Å². The Balaban J connectivity index is 1.93. The zero-order chi connectivity index (χ0) is 16.8. The Morgan fingerprint density at radius 1 is 1.30 bits per heavy atom. The van der Waals surface area contributed by atoms with Gasteiger partial charge < -0.3 is 20.9 Å². The van der Waals surface area contributed by atoms with Gasteiger partial charge in [-0.05, 0) is 5.56 Å². The molecule has 8 nitrogen and oxygen atoms in total. The van der Waals surface area contributed by atoms with Crippen molar-refractivity contribution in [1.82, 2.24) is 10.2 Å². The molecule has 0 radical (unpaired) electrons. The summed E-state index contributed by atoms with van der Waals surface area (Å²) in [5, 5.41) is 12.0. The van der Waals surface area contributed by atoms with E-state index in [0.717, 1.165) is 10.5 Å². The Bertz CT molecular complexity index is 578. The molecule has 1 aromatic rings. The van der Waals surface area contributed by atoms with Crippen LogP contribution in [0.1, 0.15) is 12.0 Å². The first kappa shape index (κ1) is 16.8. The van der Waals surface area contributed by atoms with Crippen LogP contribution in [0.25, 0.3) is 0 Å². The van der Waals surface area contributed by atoms with Crippen LogP contribution in [-0.2, 0) is 20.9 Å². The number of hydrogen-bond acceptors (Lipinski definition) is 5. The van der Waals surface area contributed by atoms with E-state index in [1.54, 1.807) is 0 Å². The van der Waals surface area contributed by atoms with Gasteiger partial charge in [-0.1, -0.05) is 30.3 Å². The molecule has 0 aliphatic carbocycles. The lowest BCUT2D eigenvalue weighted by Gasteiger charge is -2.22. The standard InChI is InChI=1S/C15H19N3O5/c16-13(20)7-17-14(21)12-6-11(19)8-18(12)15(22)23-9-10-4-2-1-3-5-10/h1-5,11-12,19H,6-9H2,(H2,16,20)(H,17,21)/t11?,12-/m0/s1. The average molecular weight is 321 g/mol. The van der Waals surface area contributed by atoms with Crippen molar-refractivity contribution in [1.29, 1.82) is 0 Å². The van der Waals surface area contributed by atoms with Gasteiger partial charge in [0.2, 0.25) is 11.8 Å². The molecule has 124 valence electrons. The molecule has 8 heteroatoms. The normalized spacial score (nSPS) is 20.1. The van der Waals surface area contributed by atoms with Gasteiger partial charge in [-0.2, -0.15) is 0 Å². The van der Waals surface area contributed by atoms with Gasteiger partial charge in [0.15, 0.2) is 0 Å². The minimum Gasteiger partial charge on any atom is -0.445 e. The summed E-state index contributed by atoms with van der Waals surface area (Å²) in [4.78, 5) is 36.0. The molecule has 2 atom stereocenters. The van der Waals surface area contributed by atoms with Crippen molar-refractivity contribution in [3.63, 3.8) is 0 Å². The number of likely N-dealkylation sites (tertiary alicyclic amines) is 1. The quantitative estimate of drug-likeness (QED) is 0.666. The second-order valence-electron chi connectivity index (χ2n) is 5.28. The zero-order valence-electron chi connectivity index (χ0n) is 12.5. The SMILES string of the molecule is NC(=O)CNC(=O)[C@@H]1CC(O)CN1C(=O)OCc1ccccc1. The largest absolute Gasteiger partial charge is 0.445 e. The number of carbonyl (C=O) groups excluding carboxylic acids is 3. The van der Waals surface area contributed by atoms with Gasteiger partial charge in [0.05, 0.1) is 19.2 Å². The lowest BCUT2D eigenvalue weighted by atomic mass is 10.2. The van der Waals surface area contributed by atoms with Gasteiger partial charge in [-0.15, -0.1) is 0 Å². The number of benzene rings is 1.